The van der Waals surface area contributed by atoms with E-state index in [0.717, 1.165) is 17.6 Å². The molecule has 1 aliphatic heterocycles. The third-order valence-corrected chi connectivity index (χ3v) is 4.15. The number of thiophene rings is 1. The van der Waals surface area contributed by atoms with Gasteiger partial charge in [-0.05, 0) is 24.3 Å². The van der Waals surface area contributed by atoms with E-state index in [0.29, 0.717) is 0 Å². The van der Waals surface area contributed by atoms with Crippen LogP contribution in [0.15, 0.2) is 11.4 Å². The normalized spacial score (nSPS) is 23.1. The van der Waals surface area contributed by atoms with Crippen LogP contribution < -0.4 is 0 Å². The summed E-state index contributed by atoms with van der Waals surface area (Å²) in [6.45, 7) is 4.55. The highest BCUT2D eigenvalue weighted by Crippen LogP contribution is 2.28. The number of rotatable bonds is 3. The van der Waals surface area contributed by atoms with Crippen molar-refractivity contribution in [2.75, 3.05) is 6.54 Å². The Hall–Kier alpha value is -0.0500. The smallest absolute Gasteiger partial charge is 0.0558 e. The SMILES string of the molecule is CCC1CCN1Cc1sccc1Cl. The highest BCUT2D eigenvalue weighted by atomic mass is 35.5. The Morgan fingerprint density at radius 2 is 2.54 bits per heavy atom. The first-order chi connectivity index (χ1) is 6.31. The zero-order valence-corrected chi connectivity index (χ0v) is 9.37. The number of hydrogen-bond donors (Lipinski definition) is 0. The van der Waals surface area contributed by atoms with E-state index in [9.17, 15) is 0 Å². The lowest BCUT2D eigenvalue weighted by Crippen LogP contribution is -2.46. The lowest BCUT2D eigenvalue weighted by atomic mass is 10.0. The van der Waals surface area contributed by atoms with E-state index in [2.05, 4.69) is 17.2 Å². The molecule has 1 aromatic heterocycles. The second-order valence-corrected chi connectivity index (χ2v) is 4.92. The molecule has 0 N–H and O–H groups in total. The van der Waals surface area contributed by atoms with Gasteiger partial charge in [-0.15, -0.1) is 11.3 Å². The summed E-state index contributed by atoms with van der Waals surface area (Å²) < 4.78 is 0. The van der Waals surface area contributed by atoms with Crippen molar-refractivity contribution in [2.45, 2.75) is 32.4 Å². The minimum absolute atomic E-state index is 0.804. The van der Waals surface area contributed by atoms with Gasteiger partial charge in [-0.3, -0.25) is 4.90 Å². The number of nitrogens with zero attached hydrogens (tertiary/aromatic N) is 1. The van der Waals surface area contributed by atoms with Gasteiger partial charge in [0.05, 0.1) is 5.02 Å². The quantitative estimate of drug-likeness (QED) is 0.747. The standard InChI is InChI=1S/C10H14ClNS/c1-2-8-3-5-12(8)7-10-9(11)4-6-13-10/h4,6,8H,2-3,5,7H2,1H3. The van der Waals surface area contributed by atoms with E-state index >= 15 is 0 Å². The molecule has 0 spiro atoms. The van der Waals surface area contributed by atoms with Gasteiger partial charge < -0.3 is 0 Å². The van der Waals surface area contributed by atoms with Crippen LogP contribution >= 0.6 is 22.9 Å². The van der Waals surface area contributed by atoms with E-state index in [4.69, 9.17) is 11.6 Å². The van der Waals surface area contributed by atoms with Crippen molar-refractivity contribution >= 4 is 22.9 Å². The van der Waals surface area contributed by atoms with Gasteiger partial charge in [0.25, 0.3) is 0 Å². The molecule has 2 heterocycles. The minimum Gasteiger partial charge on any atom is -0.295 e. The van der Waals surface area contributed by atoms with E-state index in [1.54, 1.807) is 11.3 Å². The van der Waals surface area contributed by atoms with Crippen LogP contribution in [0, 0.1) is 0 Å². The molecule has 1 fully saturated rings. The first kappa shape index (κ1) is 9.50. The van der Waals surface area contributed by atoms with Crippen molar-refractivity contribution in [3.05, 3.63) is 21.3 Å². The molecule has 2 rings (SSSR count). The molecule has 1 aliphatic rings. The molecule has 0 saturated carbocycles. The molecule has 0 bridgehead atoms. The van der Waals surface area contributed by atoms with Crippen molar-refractivity contribution in [1.29, 1.82) is 0 Å². The van der Waals surface area contributed by atoms with Crippen LogP contribution in [-0.4, -0.2) is 17.5 Å². The third-order valence-electron chi connectivity index (χ3n) is 2.77. The zero-order chi connectivity index (χ0) is 9.26. The van der Waals surface area contributed by atoms with Gasteiger partial charge in [-0.2, -0.15) is 0 Å². The molecule has 0 radical (unpaired) electrons. The fraction of sp³-hybridized carbons (Fsp3) is 0.600. The van der Waals surface area contributed by atoms with Crippen LogP contribution in [0.5, 0.6) is 0 Å². The van der Waals surface area contributed by atoms with E-state index < -0.39 is 0 Å². The fourth-order valence-electron chi connectivity index (χ4n) is 1.79. The topological polar surface area (TPSA) is 3.24 Å². The third kappa shape index (κ3) is 1.90. The Morgan fingerprint density at radius 3 is 3.00 bits per heavy atom. The maximum atomic E-state index is 6.04. The summed E-state index contributed by atoms with van der Waals surface area (Å²) >= 11 is 7.81. The fourth-order valence-corrected chi connectivity index (χ4v) is 2.91. The van der Waals surface area contributed by atoms with E-state index in [-0.39, 0.29) is 0 Å². The number of halogens is 1. The van der Waals surface area contributed by atoms with Crippen molar-refractivity contribution < 1.29 is 0 Å². The Balaban J connectivity index is 1.95. The molecule has 1 atom stereocenters. The average Bonchev–Trinajstić information content (AvgIpc) is 2.46. The van der Waals surface area contributed by atoms with Gasteiger partial charge >= 0.3 is 0 Å². The summed E-state index contributed by atoms with van der Waals surface area (Å²) in [6, 6.07) is 2.79. The Labute approximate surface area is 88.3 Å². The Bertz CT molecular complexity index is 282. The van der Waals surface area contributed by atoms with Gasteiger partial charge in [-0.25, -0.2) is 0 Å². The molecule has 1 nitrogen and oxygen atoms in total. The van der Waals surface area contributed by atoms with Crippen LogP contribution in [0.4, 0.5) is 0 Å². The molecule has 1 saturated heterocycles. The van der Waals surface area contributed by atoms with Crippen LogP contribution in [0.3, 0.4) is 0 Å². The largest absolute Gasteiger partial charge is 0.295 e. The molecule has 72 valence electrons. The minimum atomic E-state index is 0.804. The van der Waals surface area contributed by atoms with Gasteiger partial charge in [0.1, 0.15) is 0 Å². The average molecular weight is 216 g/mol. The van der Waals surface area contributed by atoms with Crippen LogP contribution in [0.2, 0.25) is 5.02 Å². The summed E-state index contributed by atoms with van der Waals surface area (Å²) in [7, 11) is 0. The molecular weight excluding hydrogens is 202 g/mol. The molecular formula is C10H14ClNS. The molecule has 0 aliphatic carbocycles. The molecule has 0 amide bonds. The van der Waals surface area contributed by atoms with Gasteiger partial charge in [0.15, 0.2) is 0 Å². The first-order valence-electron chi connectivity index (χ1n) is 4.77. The summed E-state index contributed by atoms with van der Waals surface area (Å²) in [5, 5.41) is 3.00. The summed E-state index contributed by atoms with van der Waals surface area (Å²) in [4.78, 5) is 3.83. The van der Waals surface area contributed by atoms with Crippen LogP contribution in [-0.2, 0) is 6.54 Å². The lowest BCUT2D eigenvalue weighted by Gasteiger charge is -2.40. The highest BCUT2D eigenvalue weighted by molar-refractivity contribution is 7.10. The van der Waals surface area contributed by atoms with E-state index in [1.165, 1.54) is 24.3 Å². The van der Waals surface area contributed by atoms with Crippen LogP contribution in [0.25, 0.3) is 0 Å². The molecule has 3 heteroatoms. The summed E-state index contributed by atoms with van der Waals surface area (Å²) in [5.74, 6) is 0. The molecule has 1 aromatic rings. The predicted octanol–water partition coefficient (Wildman–Crippen LogP) is 3.39. The zero-order valence-electron chi connectivity index (χ0n) is 7.79. The lowest BCUT2D eigenvalue weighted by molar-refractivity contribution is 0.0803. The van der Waals surface area contributed by atoms with Gasteiger partial charge in [0, 0.05) is 24.0 Å². The number of hydrogen-bond acceptors (Lipinski definition) is 2. The first-order valence-corrected chi connectivity index (χ1v) is 6.03. The van der Waals surface area contributed by atoms with Crippen molar-refractivity contribution in [1.82, 2.24) is 4.90 Å². The van der Waals surface area contributed by atoms with Gasteiger partial charge in [-0.1, -0.05) is 18.5 Å². The summed E-state index contributed by atoms with van der Waals surface area (Å²) in [6.07, 6.45) is 2.63. The maximum Gasteiger partial charge on any atom is 0.0558 e. The molecule has 0 aromatic carbocycles. The van der Waals surface area contributed by atoms with Crippen LogP contribution in [0.1, 0.15) is 24.6 Å². The second kappa shape index (κ2) is 3.99. The number of likely N-dealkylation sites (tertiary alicyclic amines) is 1. The highest BCUT2D eigenvalue weighted by Gasteiger charge is 2.26. The summed E-state index contributed by atoms with van der Waals surface area (Å²) in [5.41, 5.74) is 0. The van der Waals surface area contributed by atoms with Crippen molar-refractivity contribution in [3.8, 4) is 0 Å². The predicted molar refractivity (Wildman–Crippen MR) is 58.4 cm³/mol. The monoisotopic (exact) mass is 215 g/mol. The van der Waals surface area contributed by atoms with Crippen molar-refractivity contribution in [2.24, 2.45) is 0 Å². The Kier molecular flexibility index (Phi) is 2.92. The van der Waals surface area contributed by atoms with E-state index in [1.807, 2.05) is 6.07 Å². The molecule has 13 heavy (non-hydrogen) atoms. The Morgan fingerprint density at radius 1 is 1.69 bits per heavy atom. The molecule has 1 unspecified atom stereocenters. The van der Waals surface area contributed by atoms with Crippen molar-refractivity contribution in [3.63, 3.8) is 0 Å². The van der Waals surface area contributed by atoms with Gasteiger partial charge in [0.2, 0.25) is 0 Å². The second-order valence-electron chi connectivity index (χ2n) is 3.51. The maximum absolute atomic E-state index is 6.04.